The Morgan fingerprint density at radius 3 is 2.53 bits per heavy atom. The molecule has 0 aliphatic rings. The van der Waals surface area contributed by atoms with Crippen LogP contribution in [0.1, 0.15) is 23.7 Å². The van der Waals surface area contributed by atoms with Gasteiger partial charge in [0.2, 0.25) is 0 Å². The molecule has 0 bridgehead atoms. The quantitative estimate of drug-likeness (QED) is 0.717. The summed E-state index contributed by atoms with van der Waals surface area (Å²) in [6.45, 7) is 6.37. The summed E-state index contributed by atoms with van der Waals surface area (Å²) in [6.07, 6.45) is 0.992. The van der Waals surface area contributed by atoms with Crippen LogP contribution in [0.2, 0.25) is 0 Å². The normalized spacial score (nSPS) is 10.3. The highest BCUT2D eigenvalue weighted by atomic mass is 35.5. The minimum atomic E-state index is 0. The Labute approximate surface area is 96.3 Å². The predicted molar refractivity (Wildman–Crippen MR) is 68.8 cm³/mol. The van der Waals surface area contributed by atoms with E-state index in [1.54, 1.807) is 0 Å². The largest absolute Gasteiger partial charge is 0.398 e. The summed E-state index contributed by atoms with van der Waals surface area (Å²) in [6, 6.07) is 4.23. The van der Waals surface area contributed by atoms with Crippen LogP contribution in [0, 0.1) is 13.8 Å². The van der Waals surface area contributed by atoms with Crippen LogP contribution in [0.25, 0.3) is 10.9 Å². The first kappa shape index (κ1) is 11.9. The number of nitrogens with two attached hydrogens (primary N) is 1. The SMILES string of the molecule is CCc1cc2c(C)c(C)[nH]c2cc1N.Cl. The molecule has 1 aromatic heterocycles. The van der Waals surface area contributed by atoms with Crippen molar-refractivity contribution in [3.63, 3.8) is 0 Å². The van der Waals surface area contributed by atoms with E-state index in [9.17, 15) is 0 Å². The molecule has 82 valence electrons. The maximum Gasteiger partial charge on any atom is 0.0479 e. The third-order valence-electron chi connectivity index (χ3n) is 2.95. The molecule has 0 radical (unpaired) electrons. The summed E-state index contributed by atoms with van der Waals surface area (Å²) in [4.78, 5) is 3.34. The highest BCUT2D eigenvalue weighted by molar-refractivity contribution is 5.88. The topological polar surface area (TPSA) is 41.8 Å². The zero-order chi connectivity index (χ0) is 10.3. The van der Waals surface area contributed by atoms with Gasteiger partial charge >= 0.3 is 0 Å². The lowest BCUT2D eigenvalue weighted by Crippen LogP contribution is -1.92. The molecule has 0 spiro atoms. The number of fused-ring (bicyclic) bond motifs is 1. The highest BCUT2D eigenvalue weighted by Gasteiger charge is 2.06. The number of benzene rings is 1. The van der Waals surface area contributed by atoms with Crippen LogP contribution in [0.3, 0.4) is 0 Å². The lowest BCUT2D eigenvalue weighted by atomic mass is 10.1. The van der Waals surface area contributed by atoms with Gasteiger partial charge in [-0.15, -0.1) is 12.4 Å². The molecule has 0 atom stereocenters. The van der Waals surface area contributed by atoms with E-state index in [1.807, 2.05) is 6.07 Å². The molecule has 0 amide bonds. The predicted octanol–water partition coefficient (Wildman–Crippen LogP) is 3.35. The first-order valence-corrected chi connectivity index (χ1v) is 5.00. The number of aromatic nitrogens is 1. The standard InChI is InChI=1S/C12H16N2.ClH/c1-4-9-5-10-7(2)8(3)14-12(10)6-11(9)13;/h5-6,14H,4,13H2,1-3H3;1H. The minimum Gasteiger partial charge on any atom is -0.398 e. The van der Waals surface area contributed by atoms with E-state index in [1.165, 1.54) is 22.2 Å². The van der Waals surface area contributed by atoms with Gasteiger partial charge in [0.05, 0.1) is 0 Å². The number of nitrogen functional groups attached to an aromatic ring is 1. The van der Waals surface area contributed by atoms with E-state index >= 15 is 0 Å². The highest BCUT2D eigenvalue weighted by Crippen LogP contribution is 2.26. The average molecular weight is 225 g/mol. The summed E-state index contributed by atoms with van der Waals surface area (Å²) in [5.74, 6) is 0. The monoisotopic (exact) mass is 224 g/mol. The zero-order valence-electron chi connectivity index (χ0n) is 9.35. The van der Waals surface area contributed by atoms with Crippen molar-refractivity contribution in [2.24, 2.45) is 0 Å². The summed E-state index contributed by atoms with van der Waals surface area (Å²) in [5, 5.41) is 1.30. The number of rotatable bonds is 1. The molecule has 0 unspecified atom stereocenters. The number of hydrogen-bond acceptors (Lipinski definition) is 1. The number of hydrogen-bond donors (Lipinski definition) is 2. The van der Waals surface area contributed by atoms with Crippen molar-refractivity contribution in [3.05, 3.63) is 29.0 Å². The Hall–Kier alpha value is -1.15. The Kier molecular flexibility index (Phi) is 3.30. The first-order chi connectivity index (χ1) is 6.63. The van der Waals surface area contributed by atoms with Gasteiger partial charge in [-0.1, -0.05) is 6.92 Å². The molecule has 15 heavy (non-hydrogen) atoms. The molecule has 0 aliphatic heterocycles. The van der Waals surface area contributed by atoms with Gasteiger partial charge in [-0.25, -0.2) is 0 Å². The van der Waals surface area contributed by atoms with Crippen molar-refractivity contribution in [2.45, 2.75) is 27.2 Å². The van der Waals surface area contributed by atoms with E-state index in [2.05, 4.69) is 31.8 Å². The summed E-state index contributed by atoms with van der Waals surface area (Å²) >= 11 is 0. The van der Waals surface area contributed by atoms with Crippen molar-refractivity contribution in [1.82, 2.24) is 4.98 Å². The smallest absolute Gasteiger partial charge is 0.0479 e. The van der Waals surface area contributed by atoms with Crippen LogP contribution >= 0.6 is 12.4 Å². The maximum atomic E-state index is 5.94. The molecular weight excluding hydrogens is 208 g/mol. The lowest BCUT2D eigenvalue weighted by Gasteiger charge is -2.02. The van der Waals surface area contributed by atoms with Crippen LogP contribution in [-0.4, -0.2) is 4.98 Å². The van der Waals surface area contributed by atoms with Gasteiger partial charge in [-0.05, 0) is 43.5 Å². The second-order valence-electron chi connectivity index (χ2n) is 3.83. The number of aromatic amines is 1. The molecule has 2 rings (SSSR count). The van der Waals surface area contributed by atoms with Crippen LogP contribution in [0.15, 0.2) is 12.1 Å². The fourth-order valence-corrected chi connectivity index (χ4v) is 1.88. The maximum absolute atomic E-state index is 5.94. The van der Waals surface area contributed by atoms with Crippen molar-refractivity contribution >= 4 is 29.0 Å². The molecule has 0 saturated carbocycles. The zero-order valence-corrected chi connectivity index (χ0v) is 10.2. The number of anilines is 1. The fraction of sp³-hybridized carbons (Fsp3) is 0.333. The summed E-state index contributed by atoms with van der Waals surface area (Å²) in [7, 11) is 0. The molecule has 1 aromatic carbocycles. The number of H-pyrrole nitrogens is 1. The Balaban J connectivity index is 0.00000112. The second kappa shape index (κ2) is 4.15. The molecule has 2 nitrogen and oxygen atoms in total. The molecule has 3 N–H and O–H groups in total. The summed E-state index contributed by atoms with van der Waals surface area (Å²) < 4.78 is 0. The van der Waals surface area contributed by atoms with E-state index in [0.717, 1.165) is 17.6 Å². The molecule has 0 saturated heterocycles. The molecule has 0 fully saturated rings. The number of halogens is 1. The summed E-state index contributed by atoms with van der Waals surface area (Å²) in [5.41, 5.74) is 11.8. The first-order valence-electron chi connectivity index (χ1n) is 5.00. The molecular formula is C12H17ClN2. The fourth-order valence-electron chi connectivity index (χ4n) is 1.88. The van der Waals surface area contributed by atoms with E-state index in [-0.39, 0.29) is 12.4 Å². The van der Waals surface area contributed by atoms with Gasteiger partial charge in [0.25, 0.3) is 0 Å². The van der Waals surface area contributed by atoms with Crippen molar-refractivity contribution in [3.8, 4) is 0 Å². The molecule has 2 aromatic rings. The van der Waals surface area contributed by atoms with Crippen LogP contribution < -0.4 is 5.73 Å². The van der Waals surface area contributed by atoms with E-state index in [0.29, 0.717) is 0 Å². The lowest BCUT2D eigenvalue weighted by molar-refractivity contribution is 1.15. The van der Waals surface area contributed by atoms with E-state index < -0.39 is 0 Å². The van der Waals surface area contributed by atoms with Crippen LogP contribution in [0.4, 0.5) is 5.69 Å². The Morgan fingerprint density at radius 2 is 1.93 bits per heavy atom. The Morgan fingerprint density at radius 1 is 1.27 bits per heavy atom. The minimum absolute atomic E-state index is 0. The van der Waals surface area contributed by atoms with Gasteiger partial charge in [0, 0.05) is 22.3 Å². The molecule has 0 aliphatic carbocycles. The van der Waals surface area contributed by atoms with Gasteiger partial charge < -0.3 is 10.7 Å². The van der Waals surface area contributed by atoms with Crippen LogP contribution in [-0.2, 0) is 6.42 Å². The Bertz CT molecular complexity index is 486. The van der Waals surface area contributed by atoms with E-state index in [4.69, 9.17) is 5.73 Å². The second-order valence-corrected chi connectivity index (χ2v) is 3.83. The van der Waals surface area contributed by atoms with Gasteiger partial charge in [0.15, 0.2) is 0 Å². The molecule has 1 heterocycles. The van der Waals surface area contributed by atoms with Gasteiger partial charge in [0.1, 0.15) is 0 Å². The average Bonchev–Trinajstić information content (AvgIpc) is 2.41. The number of aryl methyl sites for hydroxylation is 3. The third kappa shape index (κ3) is 1.82. The van der Waals surface area contributed by atoms with Crippen molar-refractivity contribution in [2.75, 3.05) is 5.73 Å². The third-order valence-corrected chi connectivity index (χ3v) is 2.95. The van der Waals surface area contributed by atoms with Crippen molar-refractivity contribution < 1.29 is 0 Å². The van der Waals surface area contributed by atoms with Gasteiger partial charge in [-0.3, -0.25) is 0 Å². The van der Waals surface area contributed by atoms with Gasteiger partial charge in [-0.2, -0.15) is 0 Å². The van der Waals surface area contributed by atoms with Crippen molar-refractivity contribution in [1.29, 1.82) is 0 Å². The number of nitrogens with one attached hydrogen (secondary N) is 1. The van der Waals surface area contributed by atoms with Crippen LogP contribution in [0.5, 0.6) is 0 Å². The molecule has 3 heteroatoms.